The molecule has 114 valence electrons. The van der Waals surface area contributed by atoms with Crippen LogP contribution in [0.4, 0.5) is 11.6 Å². The molecule has 0 saturated heterocycles. The number of anilines is 1. The van der Waals surface area contributed by atoms with Crippen molar-refractivity contribution < 1.29 is 10.0 Å². The maximum atomic E-state index is 10.7. The van der Waals surface area contributed by atoms with Gasteiger partial charge in [-0.15, -0.1) is 0 Å². The van der Waals surface area contributed by atoms with Gasteiger partial charge in [0.05, 0.1) is 4.92 Å². The van der Waals surface area contributed by atoms with E-state index in [1.165, 1.54) is 25.2 Å². The van der Waals surface area contributed by atoms with E-state index >= 15 is 0 Å². The Kier molecular flexibility index (Phi) is 3.86. The molecule has 1 aliphatic rings. The van der Waals surface area contributed by atoms with Crippen LogP contribution in [0.15, 0.2) is 36.7 Å². The lowest BCUT2D eigenvalue weighted by atomic mass is 10.2. The molecule has 1 aromatic heterocycles. The Labute approximate surface area is 127 Å². The molecule has 7 nitrogen and oxygen atoms in total. The number of hydrogen-bond donors (Lipinski definition) is 1. The molecule has 0 aliphatic heterocycles. The maximum absolute atomic E-state index is 10.7. The van der Waals surface area contributed by atoms with Crippen molar-refractivity contribution in [3.05, 3.63) is 52.3 Å². The van der Waals surface area contributed by atoms with Crippen molar-refractivity contribution in [1.82, 2.24) is 9.97 Å². The van der Waals surface area contributed by atoms with E-state index in [0.29, 0.717) is 18.4 Å². The second kappa shape index (κ2) is 5.97. The van der Waals surface area contributed by atoms with Crippen LogP contribution in [-0.4, -0.2) is 26.5 Å². The van der Waals surface area contributed by atoms with Crippen LogP contribution in [0.5, 0.6) is 5.75 Å². The fourth-order valence-electron chi connectivity index (χ4n) is 2.28. The fraction of sp³-hybridized carbons (Fsp3) is 0.333. The number of phenols is 1. The number of benzene rings is 1. The molecule has 0 unspecified atom stereocenters. The van der Waals surface area contributed by atoms with Gasteiger partial charge in [-0.05, 0) is 36.5 Å². The zero-order chi connectivity index (χ0) is 15.5. The van der Waals surface area contributed by atoms with Crippen LogP contribution in [0.25, 0.3) is 0 Å². The van der Waals surface area contributed by atoms with Gasteiger partial charge in [-0.2, -0.15) is 0 Å². The number of hydrogen-bond acceptors (Lipinski definition) is 6. The zero-order valence-electron chi connectivity index (χ0n) is 11.9. The Bertz CT molecular complexity index is 671. The quantitative estimate of drug-likeness (QED) is 0.651. The van der Waals surface area contributed by atoms with Gasteiger partial charge in [0.25, 0.3) is 0 Å². The van der Waals surface area contributed by atoms with Crippen molar-refractivity contribution in [2.24, 2.45) is 5.92 Å². The van der Waals surface area contributed by atoms with Gasteiger partial charge in [0, 0.05) is 13.1 Å². The molecular weight excluding hydrogens is 284 g/mol. The fourth-order valence-corrected chi connectivity index (χ4v) is 2.28. The van der Waals surface area contributed by atoms with Crippen LogP contribution in [0.2, 0.25) is 0 Å². The predicted molar refractivity (Wildman–Crippen MR) is 80.6 cm³/mol. The Hall–Kier alpha value is -2.70. The first-order valence-corrected chi connectivity index (χ1v) is 7.11. The lowest BCUT2D eigenvalue weighted by molar-refractivity contribution is -0.385. The molecular formula is C15H16N4O3. The van der Waals surface area contributed by atoms with E-state index < -0.39 is 4.92 Å². The molecule has 0 bridgehead atoms. The highest BCUT2D eigenvalue weighted by Gasteiger charge is 2.26. The van der Waals surface area contributed by atoms with Crippen LogP contribution in [-0.2, 0) is 6.54 Å². The highest BCUT2D eigenvalue weighted by Crippen LogP contribution is 2.31. The summed E-state index contributed by atoms with van der Waals surface area (Å²) < 4.78 is 0. The van der Waals surface area contributed by atoms with Crippen molar-refractivity contribution in [1.29, 1.82) is 0 Å². The SMILES string of the molecule is O=[N+]([O-])c1cnc(N(Cc2cccc(O)c2)CC2CC2)nc1. The number of aromatic nitrogens is 2. The molecule has 0 radical (unpaired) electrons. The number of nitro groups is 1. The minimum Gasteiger partial charge on any atom is -0.508 e. The van der Waals surface area contributed by atoms with Gasteiger partial charge in [-0.3, -0.25) is 10.1 Å². The van der Waals surface area contributed by atoms with E-state index in [0.717, 1.165) is 12.1 Å². The van der Waals surface area contributed by atoms with Crippen molar-refractivity contribution >= 4 is 11.6 Å². The topological polar surface area (TPSA) is 92.4 Å². The minimum absolute atomic E-state index is 0.118. The molecule has 0 spiro atoms. The van der Waals surface area contributed by atoms with Crippen LogP contribution in [0, 0.1) is 16.0 Å². The smallest absolute Gasteiger partial charge is 0.305 e. The average molecular weight is 300 g/mol. The predicted octanol–water partition coefficient (Wildman–Crippen LogP) is 2.51. The third kappa shape index (κ3) is 3.49. The van der Waals surface area contributed by atoms with Gasteiger partial charge in [-0.1, -0.05) is 12.1 Å². The van der Waals surface area contributed by atoms with Gasteiger partial charge in [0.1, 0.15) is 18.1 Å². The minimum atomic E-state index is -0.510. The summed E-state index contributed by atoms with van der Waals surface area (Å²) in [5.74, 6) is 1.31. The van der Waals surface area contributed by atoms with Crippen LogP contribution < -0.4 is 4.90 Å². The molecule has 22 heavy (non-hydrogen) atoms. The molecule has 1 saturated carbocycles. The lowest BCUT2D eigenvalue weighted by Crippen LogP contribution is -2.27. The van der Waals surface area contributed by atoms with Gasteiger partial charge in [0.15, 0.2) is 0 Å². The van der Waals surface area contributed by atoms with Gasteiger partial charge in [-0.25, -0.2) is 9.97 Å². The lowest BCUT2D eigenvalue weighted by Gasteiger charge is -2.22. The molecule has 7 heteroatoms. The Morgan fingerprint density at radius 1 is 1.32 bits per heavy atom. The van der Waals surface area contributed by atoms with Crippen molar-refractivity contribution in [3.8, 4) is 5.75 Å². The van der Waals surface area contributed by atoms with Gasteiger partial charge < -0.3 is 10.0 Å². The standard InChI is InChI=1S/C15H16N4O3/c20-14-3-1-2-12(6-14)10-18(9-11-4-5-11)15-16-7-13(8-17-15)19(21)22/h1-3,6-8,11,20H,4-5,9-10H2. The van der Waals surface area contributed by atoms with Crippen LogP contribution in [0.1, 0.15) is 18.4 Å². The third-order valence-corrected chi connectivity index (χ3v) is 3.58. The van der Waals surface area contributed by atoms with Crippen molar-refractivity contribution in [2.45, 2.75) is 19.4 Å². The first kappa shape index (κ1) is 14.2. The van der Waals surface area contributed by atoms with Gasteiger partial charge in [0.2, 0.25) is 5.95 Å². The van der Waals surface area contributed by atoms with Crippen LogP contribution >= 0.6 is 0 Å². The average Bonchev–Trinajstić information content (AvgIpc) is 3.31. The summed E-state index contributed by atoms with van der Waals surface area (Å²) in [6.45, 7) is 1.37. The molecule has 1 fully saturated rings. The normalized spacial score (nSPS) is 13.8. The van der Waals surface area contributed by atoms with Crippen LogP contribution in [0.3, 0.4) is 0 Å². The molecule has 0 amide bonds. The Morgan fingerprint density at radius 2 is 2.05 bits per heavy atom. The molecule has 1 N–H and O–H groups in total. The Balaban J connectivity index is 1.80. The number of aromatic hydroxyl groups is 1. The summed E-state index contributed by atoms with van der Waals surface area (Å²) in [4.78, 5) is 20.4. The Morgan fingerprint density at radius 3 is 2.64 bits per heavy atom. The summed E-state index contributed by atoms with van der Waals surface area (Å²) in [6, 6.07) is 7.03. The van der Waals surface area contributed by atoms with Crippen molar-refractivity contribution in [3.63, 3.8) is 0 Å². The molecule has 0 atom stereocenters. The summed E-state index contributed by atoms with van der Waals surface area (Å²) >= 11 is 0. The molecule has 1 aromatic carbocycles. The van der Waals surface area contributed by atoms with E-state index in [2.05, 4.69) is 9.97 Å². The third-order valence-electron chi connectivity index (χ3n) is 3.58. The first-order chi connectivity index (χ1) is 10.6. The van der Waals surface area contributed by atoms with E-state index in [-0.39, 0.29) is 11.4 Å². The van der Waals surface area contributed by atoms with Crippen molar-refractivity contribution in [2.75, 3.05) is 11.4 Å². The molecule has 3 rings (SSSR count). The maximum Gasteiger partial charge on any atom is 0.305 e. The second-order valence-corrected chi connectivity index (χ2v) is 5.49. The van der Waals surface area contributed by atoms with E-state index in [1.54, 1.807) is 18.2 Å². The first-order valence-electron chi connectivity index (χ1n) is 7.11. The number of phenolic OH excluding ortho intramolecular Hbond substituents is 1. The highest BCUT2D eigenvalue weighted by atomic mass is 16.6. The largest absolute Gasteiger partial charge is 0.508 e. The van der Waals surface area contributed by atoms with E-state index in [4.69, 9.17) is 0 Å². The number of rotatable bonds is 6. The number of nitrogens with zero attached hydrogens (tertiary/aromatic N) is 4. The molecule has 1 heterocycles. The highest BCUT2D eigenvalue weighted by molar-refractivity contribution is 5.37. The van der Waals surface area contributed by atoms with E-state index in [9.17, 15) is 15.2 Å². The summed E-state index contributed by atoms with van der Waals surface area (Å²) in [5.41, 5.74) is 0.829. The van der Waals surface area contributed by atoms with Gasteiger partial charge >= 0.3 is 5.69 Å². The molecule has 2 aromatic rings. The zero-order valence-corrected chi connectivity index (χ0v) is 11.9. The molecule has 1 aliphatic carbocycles. The summed E-state index contributed by atoms with van der Waals surface area (Å²) in [5, 5.41) is 20.2. The van der Waals surface area contributed by atoms with E-state index in [1.807, 2.05) is 11.0 Å². The monoisotopic (exact) mass is 300 g/mol. The summed E-state index contributed by atoms with van der Waals surface area (Å²) in [6.07, 6.45) is 4.82. The second-order valence-electron chi connectivity index (χ2n) is 5.49. The summed E-state index contributed by atoms with van der Waals surface area (Å²) in [7, 11) is 0.